The lowest BCUT2D eigenvalue weighted by Gasteiger charge is -2.33. The van der Waals surface area contributed by atoms with Gasteiger partial charge in [0.25, 0.3) is 16.4 Å². The summed E-state index contributed by atoms with van der Waals surface area (Å²) in [6, 6.07) is 8.47. The Morgan fingerprint density at radius 1 is 1.02 bits per heavy atom. The van der Waals surface area contributed by atoms with E-state index < -0.39 is 16.4 Å². The van der Waals surface area contributed by atoms with Crippen LogP contribution in [0.4, 0.5) is 26.1 Å². The molecule has 2 aromatic heterocycles. The van der Waals surface area contributed by atoms with Crippen LogP contribution in [0, 0.1) is 0 Å². The number of halogens is 2. The molecule has 1 aliphatic heterocycles. The van der Waals surface area contributed by atoms with Crippen molar-refractivity contribution in [3.63, 3.8) is 0 Å². The average molecular weight is 633 g/mol. The molecule has 1 atom stereocenters. The fourth-order valence-electron chi connectivity index (χ4n) is 5.71. The predicted octanol–water partition coefficient (Wildman–Crippen LogP) is 5.44. The number of nitrogens with zero attached hydrogens (tertiary/aromatic N) is 3. The average Bonchev–Trinajstić information content (AvgIpc) is 3.64. The van der Waals surface area contributed by atoms with Crippen molar-refractivity contribution in [2.45, 2.75) is 48.8 Å². The zero-order valence-electron chi connectivity index (χ0n) is 24.5. The molecule has 1 aliphatic carbocycles. The molecule has 3 heterocycles. The highest BCUT2D eigenvalue weighted by Crippen LogP contribution is 2.42. The Kier molecular flexibility index (Phi) is 8.24. The Morgan fingerprint density at radius 3 is 2.41 bits per heavy atom. The number of aromatic amines is 1. The summed E-state index contributed by atoms with van der Waals surface area (Å²) < 4.78 is 78.2. The fourth-order valence-corrected chi connectivity index (χ4v) is 7.03. The Balaban J connectivity index is 1.28. The van der Waals surface area contributed by atoms with Crippen LogP contribution in [0.15, 0.2) is 39.8 Å². The summed E-state index contributed by atoms with van der Waals surface area (Å²) in [5.41, 5.74) is 2.68. The summed E-state index contributed by atoms with van der Waals surface area (Å²) in [6.07, 6.45) is 1.36. The monoisotopic (exact) mass is 632 g/mol. The molecule has 44 heavy (non-hydrogen) atoms. The van der Waals surface area contributed by atoms with E-state index in [0.717, 1.165) is 36.9 Å². The smallest absolute Gasteiger partial charge is 0.270 e. The first-order chi connectivity index (χ1) is 21.2. The van der Waals surface area contributed by atoms with E-state index in [0.29, 0.717) is 47.2 Å². The van der Waals surface area contributed by atoms with Crippen LogP contribution in [0.2, 0.25) is 0 Å². The Hall–Kier alpha value is -4.11. The van der Waals surface area contributed by atoms with Gasteiger partial charge in [0.15, 0.2) is 22.1 Å². The lowest BCUT2D eigenvalue weighted by atomic mass is 9.90. The number of ether oxygens (including phenoxy) is 3. The van der Waals surface area contributed by atoms with Gasteiger partial charge in [-0.05, 0) is 61.9 Å². The zero-order chi connectivity index (χ0) is 31.0. The van der Waals surface area contributed by atoms with Crippen LogP contribution in [-0.2, 0) is 10.0 Å². The minimum Gasteiger partial charge on any atom is -0.495 e. The quantitative estimate of drug-likeness (QED) is 0.185. The normalized spacial score (nSPS) is 17.6. The van der Waals surface area contributed by atoms with Gasteiger partial charge in [-0.1, -0.05) is 5.16 Å². The summed E-state index contributed by atoms with van der Waals surface area (Å²) in [7, 11) is -0.0936. The highest BCUT2D eigenvalue weighted by molar-refractivity contribution is 7.93. The van der Waals surface area contributed by atoms with Gasteiger partial charge in [-0.3, -0.25) is 14.7 Å². The van der Waals surface area contributed by atoms with E-state index in [9.17, 15) is 17.2 Å². The van der Waals surface area contributed by atoms with Crippen molar-refractivity contribution in [2.24, 2.45) is 0 Å². The predicted molar refractivity (Wildman–Crippen MR) is 159 cm³/mol. The number of H-pyrrole nitrogens is 1. The standard InChI is InChI=1S/C29H34F2N6O6S/c1-40-23-11-19-22(12-21(23)32-27-13-20(33-34-27)16-6-7-16)43-35-29(19)36-44(38,39)28-24(41-2)9-18(10-25(28)42-3)17-5-4-8-37(14-17)15-26(30)31/h9-13,16-17,26H,4-8,14-15H2,1-3H3,(H,35,36)(H2,32,33,34)/t17-/m0/s1. The number of piperidine rings is 1. The maximum absolute atomic E-state index is 13.8. The number of rotatable bonds is 12. The highest BCUT2D eigenvalue weighted by Gasteiger charge is 2.31. The number of anilines is 3. The third kappa shape index (κ3) is 6.11. The van der Waals surface area contributed by atoms with E-state index in [4.69, 9.17) is 18.7 Å². The molecule has 1 saturated heterocycles. The van der Waals surface area contributed by atoms with Crippen LogP contribution in [-0.4, -0.2) is 76.1 Å². The maximum atomic E-state index is 13.8. The van der Waals surface area contributed by atoms with Gasteiger partial charge in [-0.2, -0.15) is 5.10 Å². The fraction of sp³-hybridized carbons (Fsp3) is 0.448. The van der Waals surface area contributed by atoms with Gasteiger partial charge in [0, 0.05) is 30.3 Å². The van der Waals surface area contributed by atoms with Crippen LogP contribution < -0.4 is 24.2 Å². The van der Waals surface area contributed by atoms with E-state index >= 15 is 0 Å². The number of likely N-dealkylation sites (tertiary alicyclic amines) is 1. The van der Waals surface area contributed by atoms with Crippen molar-refractivity contribution in [1.29, 1.82) is 0 Å². The number of benzene rings is 2. The van der Waals surface area contributed by atoms with Crippen molar-refractivity contribution in [3.05, 3.63) is 41.6 Å². The molecule has 1 saturated carbocycles. The van der Waals surface area contributed by atoms with Gasteiger partial charge in [0.05, 0.1) is 38.9 Å². The largest absolute Gasteiger partial charge is 0.495 e. The Morgan fingerprint density at radius 2 is 1.75 bits per heavy atom. The van der Waals surface area contributed by atoms with Gasteiger partial charge in [-0.25, -0.2) is 17.2 Å². The van der Waals surface area contributed by atoms with E-state index in [2.05, 4.69) is 25.4 Å². The van der Waals surface area contributed by atoms with E-state index in [-0.39, 0.29) is 34.7 Å². The summed E-state index contributed by atoms with van der Waals surface area (Å²) >= 11 is 0. The van der Waals surface area contributed by atoms with Gasteiger partial charge in [-0.15, -0.1) is 0 Å². The van der Waals surface area contributed by atoms with Gasteiger partial charge in [0.2, 0.25) is 0 Å². The van der Waals surface area contributed by atoms with E-state index in [1.54, 1.807) is 29.2 Å². The minimum absolute atomic E-state index is 0.0521. The van der Waals surface area contributed by atoms with Crippen molar-refractivity contribution < 1.29 is 35.9 Å². The number of sulfonamides is 1. The third-order valence-electron chi connectivity index (χ3n) is 8.03. The third-order valence-corrected chi connectivity index (χ3v) is 9.43. The summed E-state index contributed by atoms with van der Waals surface area (Å²) in [5.74, 6) is 1.51. The summed E-state index contributed by atoms with van der Waals surface area (Å²) in [5, 5.41) is 14.9. The molecule has 2 aromatic carbocycles. The summed E-state index contributed by atoms with van der Waals surface area (Å²) in [6.45, 7) is 0.704. The molecule has 0 spiro atoms. The molecule has 12 nitrogen and oxygen atoms in total. The molecule has 6 rings (SSSR count). The number of alkyl halides is 2. The first-order valence-electron chi connectivity index (χ1n) is 14.3. The van der Waals surface area contributed by atoms with Crippen molar-refractivity contribution >= 4 is 38.3 Å². The number of hydrogen-bond acceptors (Lipinski definition) is 10. The second-order valence-corrected chi connectivity index (χ2v) is 12.7. The topological polar surface area (TPSA) is 144 Å². The second kappa shape index (κ2) is 12.1. The van der Waals surface area contributed by atoms with E-state index in [1.807, 2.05) is 6.07 Å². The van der Waals surface area contributed by atoms with Gasteiger partial charge < -0.3 is 24.1 Å². The van der Waals surface area contributed by atoms with Crippen LogP contribution in [0.3, 0.4) is 0 Å². The molecule has 236 valence electrons. The summed E-state index contributed by atoms with van der Waals surface area (Å²) in [4.78, 5) is 1.49. The second-order valence-electron chi connectivity index (χ2n) is 11.0. The molecule has 0 unspecified atom stereocenters. The van der Waals surface area contributed by atoms with Crippen LogP contribution >= 0.6 is 0 Å². The molecule has 2 fully saturated rings. The molecule has 4 aromatic rings. The molecule has 3 N–H and O–H groups in total. The number of hydrogen-bond donors (Lipinski definition) is 3. The molecule has 0 amide bonds. The number of methoxy groups -OCH3 is 3. The molecule has 2 aliphatic rings. The highest BCUT2D eigenvalue weighted by atomic mass is 32.2. The Labute approximate surface area is 253 Å². The molecular weight excluding hydrogens is 598 g/mol. The lowest BCUT2D eigenvalue weighted by molar-refractivity contribution is 0.0738. The van der Waals surface area contributed by atoms with Crippen LogP contribution in [0.25, 0.3) is 11.0 Å². The number of aromatic nitrogens is 3. The maximum Gasteiger partial charge on any atom is 0.270 e. The first kappa shape index (κ1) is 29.9. The van der Waals surface area contributed by atoms with Crippen LogP contribution in [0.5, 0.6) is 17.2 Å². The van der Waals surface area contributed by atoms with Gasteiger partial charge in [0.1, 0.15) is 17.2 Å². The van der Waals surface area contributed by atoms with E-state index in [1.165, 1.54) is 21.3 Å². The van der Waals surface area contributed by atoms with Crippen molar-refractivity contribution in [1.82, 2.24) is 20.3 Å². The number of fused-ring (bicyclic) bond motifs is 1. The van der Waals surface area contributed by atoms with Gasteiger partial charge >= 0.3 is 0 Å². The molecule has 0 bridgehead atoms. The van der Waals surface area contributed by atoms with Crippen LogP contribution in [0.1, 0.15) is 48.8 Å². The number of nitrogens with one attached hydrogen (secondary N) is 3. The molecule has 15 heteroatoms. The SMILES string of the molecule is COc1cc2c(NS(=O)(=O)c3c(OC)cc([C@H]4CCCN(CC(F)F)C4)cc3OC)noc2cc1Nc1cc(C2CC2)[nH]n1. The molecule has 0 radical (unpaired) electrons. The van der Waals surface area contributed by atoms with Crippen molar-refractivity contribution in [2.75, 3.05) is 51.0 Å². The zero-order valence-corrected chi connectivity index (χ0v) is 25.3. The molecular formula is C29H34F2N6O6S. The van der Waals surface area contributed by atoms with Crippen molar-refractivity contribution in [3.8, 4) is 17.2 Å². The minimum atomic E-state index is -4.31. The first-order valence-corrected chi connectivity index (χ1v) is 15.8. The lowest BCUT2D eigenvalue weighted by Crippen LogP contribution is -2.37. The Bertz CT molecular complexity index is 1730.